The van der Waals surface area contributed by atoms with Crippen LogP contribution in [0.15, 0.2) is 0 Å². The first-order chi connectivity index (χ1) is 7.32. The van der Waals surface area contributed by atoms with Crippen molar-refractivity contribution in [2.24, 2.45) is 11.1 Å². The Balaban J connectivity index is 4.42. The topological polar surface area (TPSA) is 49.6 Å². The van der Waals surface area contributed by atoms with Crippen molar-refractivity contribution in [2.45, 2.75) is 27.2 Å². The molecule has 0 heterocycles. The molecule has 4 heteroatoms. The van der Waals surface area contributed by atoms with Gasteiger partial charge in [-0.05, 0) is 32.5 Å². The molecule has 0 aromatic carbocycles. The molecule has 0 rings (SSSR count). The van der Waals surface area contributed by atoms with Gasteiger partial charge < -0.3 is 15.5 Å². The molecule has 0 aliphatic carbocycles. The normalized spacial score (nSPS) is 11.9. The van der Waals surface area contributed by atoms with Crippen LogP contribution in [0.2, 0.25) is 0 Å². The highest BCUT2D eigenvalue weighted by Gasteiger charge is 2.23. The van der Waals surface area contributed by atoms with Gasteiger partial charge in [-0.3, -0.25) is 4.79 Å². The highest BCUT2D eigenvalue weighted by Crippen LogP contribution is 2.15. The average Bonchev–Trinajstić information content (AvgIpc) is 2.16. The molecule has 0 aromatic rings. The van der Waals surface area contributed by atoms with E-state index in [9.17, 15) is 4.79 Å². The molecule has 0 saturated carbocycles. The van der Waals surface area contributed by atoms with Gasteiger partial charge in [0.1, 0.15) is 0 Å². The predicted octanol–water partition coefficient (Wildman–Crippen LogP) is 0.772. The molecule has 0 aromatic heterocycles. The summed E-state index contributed by atoms with van der Waals surface area (Å²) in [6, 6.07) is 0. The summed E-state index contributed by atoms with van der Waals surface area (Å²) in [6.45, 7) is 8.91. The summed E-state index contributed by atoms with van der Waals surface area (Å²) in [5, 5.41) is 0. The summed E-state index contributed by atoms with van der Waals surface area (Å²) < 4.78 is 0. The number of likely N-dealkylation sites (N-methyl/N-ethyl adjacent to an activating group) is 1. The summed E-state index contributed by atoms with van der Waals surface area (Å²) in [7, 11) is 3.83. The molecule has 0 aliphatic heterocycles. The van der Waals surface area contributed by atoms with E-state index < -0.39 is 0 Å². The second kappa shape index (κ2) is 6.86. The Morgan fingerprint density at radius 2 is 1.88 bits per heavy atom. The molecule has 0 fully saturated rings. The SMILES string of the molecule is CCCN(CC(C)(C)CN)C(=O)CN(C)C. The number of rotatable bonds is 7. The molecule has 96 valence electrons. The molecule has 16 heavy (non-hydrogen) atoms. The van der Waals surface area contributed by atoms with Gasteiger partial charge in [-0.1, -0.05) is 20.8 Å². The Labute approximate surface area is 99.8 Å². The molecule has 0 bridgehead atoms. The van der Waals surface area contributed by atoms with Gasteiger partial charge in [0.25, 0.3) is 0 Å². The standard InChI is InChI=1S/C12H27N3O/c1-6-7-15(10-12(2,3)9-13)11(16)8-14(4)5/h6-10,13H2,1-5H3. The van der Waals surface area contributed by atoms with Gasteiger partial charge in [0.15, 0.2) is 0 Å². The van der Waals surface area contributed by atoms with Crippen LogP contribution in [0.3, 0.4) is 0 Å². The Morgan fingerprint density at radius 3 is 2.25 bits per heavy atom. The fourth-order valence-electron chi connectivity index (χ4n) is 1.51. The Hall–Kier alpha value is -0.610. The Bertz CT molecular complexity index is 214. The lowest BCUT2D eigenvalue weighted by molar-refractivity contribution is -0.133. The van der Waals surface area contributed by atoms with Crippen LogP contribution in [-0.2, 0) is 4.79 Å². The maximum atomic E-state index is 12.0. The second-order valence-electron chi connectivity index (χ2n) is 5.42. The van der Waals surface area contributed by atoms with E-state index in [1.165, 1.54) is 0 Å². The lowest BCUT2D eigenvalue weighted by atomic mass is 9.93. The quantitative estimate of drug-likeness (QED) is 0.701. The predicted molar refractivity (Wildman–Crippen MR) is 68.3 cm³/mol. The minimum Gasteiger partial charge on any atom is -0.341 e. The fourth-order valence-corrected chi connectivity index (χ4v) is 1.51. The Kier molecular flexibility index (Phi) is 6.60. The molecular weight excluding hydrogens is 202 g/mol. The molecule has 0 spiro atoms. The van der Waals surface area contributed by atoms with Gasteiger partial charge in [0.2, 0.25) is 5.91 Å². The largest absolute Gasteiger partial charge is 0.341 e. The first-order valence-electron chi connectivity index (χ1n) is 5.95. The van der Waals surface area contributed by atoms with Crippen LogP contribution in [0.5, 0.6) is 0 Å². The second-order valence-corrected chi connectivity index (χ2v) is 5.42. The zero-order chi connectivity index (χ0) is 12.8. The molecule has 2 N–H and O–H groups in total. The molecule has 0 unspecified atom stereocenters. The van der Waals surface area contributed by atoms with Crippen molar-refractivity contribution in [3.63, 3.8) is 0 Å². The van der Waals surface area contributed by atoms with E-state index in [1.54, 1.807) is 0 Å². The van der Waals surface area contributed by atoms with Crippen molar-refractivity contribution in [3.05, 3.63) is 0 Å². The van der Waals surface area contributed by atoms with Crippen molar-refractivity contribution in [1.82, 2.24) is 9.80 Å². The fraction of sp³-hybridized carbons (Fsp3) is 0.917. The first-order valence-corrected chi connectivity index (χ1v) is 5.95. The number of hydrogen-bond donors (Lipinski definition) is 1. The van der Waals surface area contributed by atoms with Gasteiger partial charge in [-0.2, -0.15) is 0 Å². The highest BCUT2D eigenvalue weighted by molar-refractivity contribution is 5.78. The molecule has 0 aliphatic rings. The summed E-state index contributed by atoms with van der Waals surface area (Å²) in [4.78, 5) is 15.8. The summed E-state index contributed by atoms with van der Waals surface area (Å²) >= 11 is 0. The molecule has 4 nitrogen and oxygen atoms in total. The number of nitrogens with zero attached hydrogens (tertiary/aromatic N) is 2. The van der Waals surface area contributed by atoms with Crippen molar-refractivity contribution < 1.29 is 4.79 Å². The van der Waals surface area contributed by atoms with Gasteiger partial charge in [0.05, 0.1) is 6.54 Å². The van der Waals surface area contributed by atoms with Crippen molar-refractivity contribution in [1.29, 1.82) is 0 Å². The minimum absolute atomic E-state index is 0.00283. The first kappa shape index (κ1) is 15.4. The molecule has 0 radical (unpaired) electrons. The number of nitrogens with two attached hydrogens (primary N) is 1. The van der Waals surface area contributed by atoms with Crippen LogP contribution in [0.4, 0.5) is 0 Å². The number of amides is 1. The maximum absolute atomic E-state index is 12.0. The van der Waals surface area contributed by atoms with Crippen molar-refractivity contribution in [3.8, 4) is 0 Å². The molecule has 1 amide bonds. The summed E-state index contributed by atoms with van der Waals surface area (Å²) in [5.74, 6) is 0.188. The van der Waals surface area contributed by atoms with Crippen LogP contribution in [-0.4, -0.2) is 56.0 Å². The zero-order valence-electron chi connectivity index (χ0n) is 11.4. The van der Waals surface area contributed by atoms with E-state index in [0.29, 0.717) is 13.1 Å². The van der Waals surface area contributed by atoms with E-state index in [4.69, 9.17) is 5.73 Å². The van der Waals surface area contributed by atoms with Gasteiger partial charge in [-0.25, -0.2) is 0 Å². The summed E-state index contributed by atoms with van der Waals surface area (Å²) in [6.07, 6.45) is 0.986. The van der Waals surface area contributed by atoms with Crippen molar-refractivity contribution in [2.75, 3.05) is 40.3 Å². The van der Waals surface area contributed by atoms with E-state index in [2.05, 4.69) is 20.8 Å². The number of hydrogen-bond acceptors (Lipinski definition) is 3. The molecular formula is C12H27N3O. The summed E-state index contributed by atoms with van der Waals surface area (Å²) in [5.41, 5.74) is 5.70. The number of carbonyl (C=O) groups is 1. The van der Waals surface area contributed by atoms with E-state index in [-0.39, 0.29) is 11.3 Å². The maximum Gasteiger partial charge on any atom is 0.236 e. The van der Waals surface area contributed by atoms with Crippen LogP contribution in [0.1, 0.15) is 27.2 Å². The third-order valence-corrected chi connectivity index (χ3v) is 2.47. The van der Waals surface area contributed by atoms with Gasteiger partial charge >= 0.3 is 0 Å². The molecule has 0 atom stereocenters. The van der Waals surface area contributed by atoms with E-state index >= 15 is 0 Å². The monoisotopic (exact) mass is 229 g/mol. The van der Waals surface area contributed by atoms with Crippen LogP contribution < -0.4 is 5.73 Å². The van der Waals surface area contributed by atoms with Gasteiger partial charge in [-0.15, -0.1) is 0 Å². The van der Waals surface area contributed by atoms with E-state index in [0.717, 1.165) is 19.5 Å². The van der Waals surface area contributed by atoms with E-state index in [1.807, 2.05) is 23.9 Å². The average molecular weight is 229 g/mol. The zero-order valence-corrected chi connectivity index (χ0v) is 11.4. The van der Waals surface area contributed by atoms with Crippen LogP contribution in [0, 0.1) is 5.41 Å². The number of carbonyl (C=O) groups excluding carboxylic acids is 1. The minimum atomic E-state index is -0.00283. The lowest BCUT2D eigenvalue weighted by Crippen LogP contribution is -2.45. The van der Waals surface area contributed by atoms with Crippen LogP contribution in [0.25, 0.3) is 0 Å². The van der Waals surface area contributed by atoms with Crippen LogP contribution >= 0.6 is 0 Å². The third-order valence-electron chi connectivity index (χ3n) is 2.47. The van der Waals surface area contributed by atoms with Crippen molar-refractivity contribution >= 4 is 5.91 Å². The third kappa shape index (κ3) is 6.08. The smallest absolute Gasteiger partial charge is 0.236 e. The highest BCUT2D eigenvalue weighted by atomic mass is 16.2. The van der Waals surface area contributed by atoms with Gasteiger partial charge in [0, 0.05) is 13.1 Å². The molecule has 0 saturated heterocycles. The Morgan fingerprint density at radius 1 is 1.31 bits per heavy atom. The lowest BCUT2D eigenvalue weighted by Gasteiger charge is -2.32.